The summed E-state index contributed by atoms with van der Waals surface area (Å²) in [6, 6.07) is 3.73. The Balaban J connectivity index is 2.92. The van der Waals surface area contributed by atoms with Crippen molar-refractivity contribution in [1.82, 2.24) is 16.0 Å². The summed E-state index contributed by atoms with van der Waals surface area (Å²) in [5.74, 6) is -1.55. The van der Waals surface area contributed by atoms with Crippen molar-refractivity contribution in [1.29, 1.82) is 0 Å². The van der Waals surface area contributed by atoms with E-state index in [1.165, 1.54) is 24.3 Å². The summed E-state index contributed by atoms with van der Waals surface area (Å²) in [6.45, 7) is 1.16. The van der Waals surface area contributed by atoms with E-state index in [-0.39, 0.29) is 11.7 Å². The number of aromatic hydroxyl groups is 1. The van der Waals surface area contributed by atoms with Crippen molar-refractivity contribution in [2.45, 2.75) is 69.5 Å². The first kappa shape index (κ1) is 34.1. The topological polar surface area (TPSA) is 241 Å². The van der Waals surface area contributed by atoms with Crippen molar-refractivity contribution in [2.75, 3.05) is 19.6 Å². The molecule has 222 valence electrons. The molecule has 0 aliphatic rings. The summed E-state index contributed by atoms with van der Waals surface area (Å²) in [5.41, 5.74) is 22.4. The molecule has 0 spiro atoms. The van der Waals surface area contributed by atoms with Gasteiger partial charge in [-0.2, -0.15) is 0 Å². The molecule has 12 N–H and O–H groups in total. The number of nitrogens with one attached hydrogen (secondary N) is 3. The largest absolute Gasteiger partial charge is 0.508 e. The van der Waals surface area contributed by atoms with Crippen LogP contribution in [0.25, 0.3) is 6.08 Å². The molecule has 13 nitrogen and oxygen atoms in total. The molecule has 0 fully saturated rings. The summed E-state index contributed by atoms with van der Waals surface area (Å²) >= 11 is 0. The van der Waals surface area contributed by atoms with E-state index in [1.807, 2.05) is 0 Å². The number of benzene rings is 1. The molecular weight excluding hydrogens is 516 g/mol. The van der Waals surface area contributed by atoms with E-state index in [0.29, 0.717) is 82.9 Å². The van der Waals surface area contributed by atoms with E-state index in [4.69, 9.17) is 22.9 Å². The SMILES string of the molecule is NCCCC[C@H](NC(=O)/C=C/c1cccc(O)c1)C(=O)N[C@@H](CCCCN)C(=O)N[C@H](C=O)CCCN=C(N)N. The quantitative estimate of drug-likeness (QED) is 0.0332. The first-order valence-electron chi connectivity index (χ1n) is 13.5. The van der Waals surface area contributed by atoms with Crippen molar-refractivity contribution >= 4 is 36.0 Å². The van der Waals surface area contributed by atoms with E-state index >= 15 is 0 Å². The van der Waals surface area contributed by atoms with Gasteiger partial charge in [0.1, 0.15) is 24.1 Å². The molecule has 0 aromatic heterocycles. The second-order valence-corrected chi connectivity index (χ2v) is 9.32. The van der Waals surface area contributed by atoms with Gasteiger partial charge in [0.15, 0.2) is 5.96 Å². The summed E-state index contributed by atoms with van der Waals surface area (Å²) in [7, 11) is 0. The molecule has 1 aromatic rings. The lowest BCUT2D eigenvalue weighted by Gasteiger charge is -2.24. The van der Waals surface area contributed by atoms with Crippen LogP contribution in [0.3, 0.4) is 0 Å². The monoisotopic (exact) mass is 560 g/mol. The lowest BCUT2D eigenvalue weighted by molar-refractivity contribution is -0.132. The number of hydrogen-bond acceptors (Lipinski definition) is 8. The Morgan fingerprint density at radius 3 is 2.08 bits per heavy atom. The van der Waals surface area contributed by atoms with Gasteiger partial charge in [-0.05, 0) is 88.2 Å². The highest BCUT2D eigenvalue weighted by atomic mass is 16.3. The molecule has 3 amide bonds. The van der Waals surface area contributed by atoms with Crippen molar-refractivity contribution < 1.29 is 24.3 Å². The van der Waals surface area contributed by atoms with Crippen LogP contribution in [-0.2, 0) is 19.2 Å². The zero-order valence-corrected chi connectivity index (χ0v) is 22.9. The third-order valence-corrected chi connectivity index (χ3v) is 5.92. The Morgan fingerprint density at radius 1 is 0.875 bits per heavy atom. The van der Waals surface area contributed by atoms with Gasteiger partial charge in [0.2, 0.25) is 17.7 Å². The van der Waals surface area contributed by atoms with Crippen LogP contribution < -0.4 is 38.9 Å². The fraction of sp³-hybridized carbons (Fsp3) is 0.519. The van der Waals surface area contributed by atoms with Gasteiger partial charge < -0.3 is 48.8 Å². The molecule has 0 heterocycles. The second-order valence-electron chi connectivity index (χ2n) is 9.32. The number of phenols is 1. The molecule has 0 saturated carbocycles. The van der Waals surface area contributed by atoms with Crippen molar-refractivity contribution in [3.8, 4) is 5.75 Å². The number of carbonyl (C=O) groups excluding carboxylic acids is 4. The van der Waals surface area contributed by atoms with E-state index in [9.17, 15) is 24.3 Å². The maximum Gasteiger partial charge on any atom is 0.244 e. The molecule has 0 saturated heterocycles. The Morgan fingerprint density at radius 2 is 1.50 bits per heavy atom. The minimum absolute atomic E-state index is 0.0580. The predicted molar refractivity (Wildman–Crippen MR) is 155 cm³/mol. The normalized spacial score (nSPS) is 13.2. The lowest BCUT2D eigenvalue weighted by atomic mass is 10.0. The predicted octanol–water partition coefficient (Wildman–Crippen LogP) is -0.630. The van der Waals surface area contributed by atoms with Gasteiger partial charge in [-0.15, -0.1) is 0 Å². The van der Waals surface area contributed by atoms with Crippen LogP contribution in [0.15, 0.2) is 35.3 Å². The van der Waals surface area contributed by atoms with Crippen molar-refractivity contribution in [3.05, 3.63) is 35.9 Å². The Kier molecular flexibility index (Phi) is 17.0. The van der Waals surface area contributed by atoms with E-state index in [0.717, 1.165) is 0 Å². The highest BCUT2D eigenvalue weighted by Crippen LogP contribution is 2.12. The Hall–Kier alpha value is -3.97. The first-order valence-corrected chi connectivity index (χ1v) is 13.5. The zero-order chi connectivity index (χ0) is 29.8. The number of carbonyl (C=O) groups is 4. The summed E-state index contributed by atoms with van der Waals surface area (Å²) < 4.78 is 0. The van der Waals surface area contributed by atoms with Crippen LogP contribution in [0, 0.1) is 0 Å². The number of phenolic OH excluding ortho intramolecular Hbond substituents is 1. The summed E-state index contributed by atoms with van der Waals surface area (Å²) in [5, 5.41) is 17.7. The van der Waals surface area contributed by atoms with Gasteiger partial charge >= 0.3 is 0 Å². The number of amides is 3. The minimum atomic E-state index is -0.934. The number of aliphatic imine (C=N–C) groups is 1. The van der Waals surface area contributed by atoms with Gasteiger partial charge in [-0.25, -0.2) is 0 Å². The summed E-state index contributed by atoms with van der Waals surface area (Å²) in [6.07, 6.45) is 7.26. The molecule has 13 heteroatoms. The van der Waals surface area contributed by atoms with Crippen LogP contribution in [-0.4, -0.2) is 72.8 Å². The Labute approximate surface area is 235 Å². The molecule has 0 radical (unpaired) electrons. The number of unbranched alkanes of at least 4 members (excludes halogenated alkanes) is 2. The molecule has 40 heavy (non-hydrogen) atoms. The van der Waals surface area contributed by atoms with Crippen LogP contribution >= 0.6 is 0 Å². The number of hydrogen-bond donors (Lipinski definition) is 8. The number of aldehydes is 1. The molecule has 3 atom stereocenters. The van der Waals surface area contributed by atoms with Crippen LogP contribution in [0.1, 0.15) is 56.9 Å². The van der Waals surface area contributed by atoms with Gasteiger partial charge in [-0.1, -0.05) is 12.1 Å². The average Bonchev–Trinajstić information content (AvgIpc) is 2.92. The smallest absolute Gasteiger partial charge is 0.244 e. The fourth-order valence-electron chi connectivity index (χ4n) is 3.79. The third-order valence-electron chi connectivity index (χ3n) is 5.92. The van der Waals surface area contributed by atoms with Gasteiger partial charge in [0.25, 0.3) is 0 Å². The standard InChI is InChI=1S/C27H44N8O5/c28-14-3-1-10-22(34-24(38)13-12-19-7-5-9-21(37)17-19)26(40)35-23(11-2-4-15-29)25(39)33-20(18-36)8-6-16-32-27(30)31/h5,7,9,12-13,17-18,20,22-23,37H,1-4,6,8,10-11,14-16,28-29H2,(H,33,39)(H,34,38)(H,35,40)(H4,30,31,32)/b13-12+/t20-,22-,23-/m0/s1. The number of rotatable bonds is 20. The number of nitrogens with zero attached hydrogens (tertiary/aromatic N) is 1. The molecule has 1 aromatic carbocycles. The van der Waals surface area contributed by atoms with Gasteiger partial charge in [0.05, 0.1) is 6.04 Å². The second kappa shape index (κ2) is 20.0. The summed E-state index contributed by atoms with van der Waals surface area (Å²) in [4.78, 5) is 54.3. The van der Waals surface area contributed by atoms with E-state index < -0.39 is 35.8 Å². The fourth-order valence-corrected chi connectivity index (χ4v) is 3.79. The molecular formula is C27H44N8O5. The average molecular weight is 561 g/mol. The highest BCUT2D eigenvalue weighted by Gasteiger charge is 2.27. The minimum Gasteiger partial charge on any atom is -0.508 e. The third kappa shape index (κ3) is 14.8. The van der Waals surface area contributed by atoms with E-state index in [2.05, 4.69) is 20.9 Å². The molecule has 1 rings (SSSR count). The number of nitrogens with two attached hydrogens (primary N) is 4. The Bertz CT molecular complexity index is 997. The van der Waals surface area contributed by atoms with Crippen LogP contribution in [0.4, 0.5) is 0 Å². The van der Waals surface area contributed by atoms with Gasteiger partial charge in [-0.3, -0.25) is 19.4 Å². The molecule has 0 unspecified atom stereocenters. The molecule has 0 bridgehead atoms. The van der Waals surface area contributed by atoms with Gasteiger partial charge in [0, 0.05) is 12.6 Å². The van der Waals surface area contributed by atoms with E-state index in [1.54, 1.807) is 12.1 Å². The first-order chi connectivity index (χ1) is 19.2. The van der Waals surface area contributed by atoms with Crippen molar-refractivity contribution in [2.24, 2.45) is 27.9 Å². The maximum atomic E-state index is 13.2. The molecule has 0 aliphatic heterocycles. The van der Waals surface area contributed by atoms with Crippen LogP contribution in [0.5, 0.6) is 5.75 Å². The maximum absolute atomic E-state index is 13.2. The lowest BCUT2D eigenvalue weighted by Crippen LogP contribution is -2.55. The van der Waals surface area contributed by atoms with Crippen molar-refractivity contribution in [3.63, 3.8) is 0 Å². The molecule has 0 aliphatic carbocycles. The highest BCUT2D eigenvalue weighted by molar-refractivity contribution is 5.97. The number of guanidine groups is 1. The zero-order valence-electron chi connectivity index (χ0n) is 22.9. The van der Waals surface area contributed by atoms with Crippen LogP contribution in [0.2, 0.25) is 0 Å².